The molecule has 42 nitrogen and oxygen atoms in total. The van der Waals surface area contributed by atoms with Crippen LogP contribution in [0.25, 0.3) is 0 Å². The highest BCUT2D eigenvalue weighted by atomic mass is 16.8. The van der Waals surface area contributed by atoms with Crippen molar-refractivity contribution in [1.29, 1.82) is 0 Å². The van der Waals surface area contributed by atoms with Gasteiger partial charge in [-0.15, -0.1) is 0 Å². The molecule has 8 heterocycles. The van der Waals surface area contributed by atoms with Crippen molar-refractivity contribution in [2.45, 2.75) is 253 Å². The first-order valence-electron chi connectivity index (χ1n) is 29.2. The monoisotopic (exact) mass is 1360 g/mol. The van der Waals surface area contributed by atoms with E-state index in [0.717, 1.165) is 6.92 Å². The predicted molar refractivity (Wildman–Crippen MR) is 276 cm³/mol. The fourth-order valence-electron chi connectivity index (χ4n) is 11.6. The molecule has 8 rings (SSSR count). The number of amides is 1. The third-order valence-corrected chi connectivity index (χ3v) is 17.0. The highest BCUT2D eigenvalue weighted by Gasteiger charge is 2.59. The van der Waals surface area contributed by atoms with Crippen LogP contribution in [0.15, 0.2) is 0 Å². The Morgan fingerprint density at radius 1 is 0.283 bits per heavy atom. The maximum absolute atomic E-state index is 12.2. The number of nitrogens with one attached hydrogen (secondary N) is 1. The number of rotatable bonds is 23. The molecule has 0 radical (unpaired) electrons. The van der Waals surface area contributed by atoms with Crippen molar-refractivity contribution in [2.24, 2.45) is 0 Å². The van der Waals surface area contributed by atoms with Crippen LogP contribution in [0.3, 0.4) is 0 Å². The Morgan fingerprint density at radius 2 is 0.576 bits per heavy atom. The average Bonchev–Trinajstić information content (AvgIpc) is 0.782. The van der Waals surface area contributed by atoms with Gasteiger partial charge in [-0.05, 0) is 0 Å². The summed E-state index contributed by atoms with van der Waals surface area (Å²) in [5.74, 6) is -0.818. The van der Waals surface area contributed by atoms with Crippen molar-refractivity contribution in [1.82, 2.24) is 5.32 Å². The zero-order valence-electron chi connectivity index (χ0n) is 48.5. The van der Waals surface area contributed by atoms with Crippen LogP contribution in [-0.2, 0) is 75.8 Å². The topological polar surface area (TPSA) is 673 Å². The number of carbonyl (C=O) groups is 1. The summed E-state index contributed by atoms with van der Waals surface area (Å²) in [5, 5.41) is 272. The van der Waals surface area contributed by atoms with Crippen LogP contribution in [-0.4, -0.2) is 432 Å². The van der Waals surface area contributed by atoms with Gasteiger partial charge in [-0.1, -0.05) is 0 Å². The molecule has 0 spiro atoms. The van der Waals surface area contributed by atoms with Gasteiger partial charge in [0.1, 0.15) is 195 Å². The van der Waals surface area contributed by atoms with E-state index in [-0.39, 0.29) is 0 Å². The number of carbonyl (C=O) groups excluding carboxylic acids is 1. The highest BCUT2D eigenvalue weighted by molar-refractivity contribution is 5.73. The predicted octanol–water partition coefficient (Wildman–Crippen LogP) is -18.3. The molecule has 0 bridgehead atoms. The smallest absolute Gasteiger partial charge is 0.217 e. The molecule has 0 aromatic carbocycles. The molecular formula is C50H85NO41. The molecule has 0 aromatic rings. The number of ether oxygens (including phenoxy) is 15. The van der Waals surface area contributed by atoms with E-state index in [4.69, 9.17) is 71.1 Å². The molecule has 1 amide bonds. The van der Waals surface area contributed by atoms with Crippen LogP contribution >= 0.6 is 0 Å². The van der Waals surface area contributed by atoms with Crippen molar-refractivity contribution >= 4 is 5.91 Å². The van der Waals surface area contributed by atoms with E-state index in [0.29, 0.717) is 0 Å². The maximum atomic E-state index is 12.2. The van der Waals surface area contributed by atoms with E-state index in [1.54, 1.807) is 0 Å². The molecule has 40 atom stereocenters. The lowest BCUT2D eigenvalue weighted by Crippen LogP contribution is -2.69. The van der Waals surface area contributed by atoms with Gasteiger partial charge >= 0.3 is 0 Å². The van der Waals surface area contributed by atoms with Crippen molar-refractivity contribution in [3.63, 3.8) is 0 Å². The molecule has 536 valence electrons. The minimum atomic E-state index is -2.43. The molecule has 8 aliphatic heterocycles. The SMILES string of the molecule is CC(=O)N[C@@H]1[C@@H](O)[C@H](O[C@@H]2O[C@H](CO[C@H]3O[C@H](CO[C@H]4O[C@H](CO)[C@@H](O)[C@H](O)[C@@H]4O[C@H]4O[C@H](CO)[C@@H](O)[C@H](O)[C@@H]4O)[C@@H](O)[C@H](O)[C@@H]3O)[C@@H](O)[C@H](O[C@H]3O[C@H](CO)[C@@H](O)[C@H](O)[C@@H]3O[C@H]3O[C@H](CO)[C@@H](O)[C@@H](O)[C@@H]3O[C@H]3O[C@H](CO)[C@@H](O)[C@H](O)[C@@H]3O)[C@@H]2O)[C@@H](CO)O[C@H]1O. The van der Waals surface area contributed by atoms with Crippen molar-refractivity contribution < 1.29 is 204 Å². The molecule has 42 heteroatoms. The summed E-state index contributed by atoms with van der Waals surface area (Å²) < 4.78 is 85.9. The Kier molecular flexibility index (Phi) is 26.9. The zero-order chi connectivity index (χ0) is 67.6. The Labute approximate surface area is 519 Å². The summed E-state index contributed by atoms with van der Waals surface area (Å²) in [5.41, 5.74) is 0. The molecule has 26 N–H and O–H groups in total. The van der Waals surface area contributed by atoms with E-state index in [1.807, 2.05) is 0 Å². The number of hydrogen-bond donors (Lipinski definition) is 26. The zero-order valence-corrected chi connectivity index (χ0v) is 48.5. The van der Waals surface area contributed by atoms with Crippen molar-refractivity contribution in [3.8, 4) is 0 Å². The molecular weight excluding hydrogens is 1270 g/mol. The van der Waals surface area contributed by atoms with Crippen molar-refractivity contribution in [2.75, 3.05) is 52.9 Å². The fourth-order valence-corrected chi connectivity index (χ4v) is 11.6. The summed E-state index contributed by atoms with van der Waals surface area (Å²) in [6, 6.07) is -1.71. The molecule has 8 aliphatic rings. The van der Waals surface area contributed by atoms with Crippen LogP contribution in [0, 0.1) is 0 Å². The standard InChI is InChI=1S/C50H85NO41/c1-10(58)51-19-27(66)38(16(7-57)80-43(19)77)88-47-37(76)39(89-49-42(33(72)24(63)14(5-55)84-49)92-50-41(32(71)23(62)15(6-56)85-50)91-46-36(75)29(68)21(60)12(3-53)82-46)26(65)18(87-47)9-78-44-34(73)30(69)25(64)17(86-44)8-79-48-40(31(70)22(61)13(4-54)83-48)90-45-35(74)28(67)20(59)11(2-52)81-45/h11-50,52-57,59-77H,2-9H2,1H3,(H,51,58)/t11-,12-,13-,14-,15-,16-,17-,18-,19-,20-,21-,22-,23-,24-,25-,26-,27-,28+,29+,30+,31+,32-,33+,34+,35+,36+,37+,38-,39+,40+,41+,42+,43-,44+,45-,46-,47+,48+,49-,50-/m1/s1. The third kappa shape index (κ3) is 16.0. The van der Waals surface area contributed by atoms with Crippen LogP contribution < -0.4 is 5.32 Å². The summed E-state index contributed by atoms with van der Waals surface area (Å²) >= 11 is 0. The van der Waals surface area contributed by atoms with Gasteiger partial charge < -0.3 is 204 Å². The quantitative estimate of drug-likeness (QED) is 0.0452. The number of aliphatic hydroxyl groups is 25. The number of hydrogen-bond acceptors (Lipinski definition) is 41. The Morgan fingerprint density at radius 3 is 1.00 bits per heavy atom. The normalized spacial score (nSPS) is 52.2. The van der Waals surface area contributed by atoms with E-state index >= 15 is 0 Å². The summed E-state index contributed by atoms with van der Waals surface area (Å²) in [6.07, 6.45) is -79.9. The second kappa shape index (κ2) is 32.7. The molecule has 8 saturated heterocycles. The first kappa shape index (κ1) is 75.6. The minimum Gasteiger partial charge on any atom is -0.394 e. The third-order valence-electron chi connectivity index (χ3n) is 17.0. The first-order valence-corrected chi connectivity index (χ1v) is 29.2. The van der Waals surface area contributed by atoms with E-state index < -0.39 is 304 Å². The van der Waals surface area contributed by atoms with Gasteiger partial charge in [0.2, 0.25) is 5.91 Å². The summed E-state index contributed by atoms with van der Waals surface area (Å²) in [6.45, 7) is -7.13. The number of aliphatic hydroxyl groups excluding tert-OH is 25. The second-order valence-corrected chi connectivity index (χ2v) is 23.2. The van der Waals surface area contributed by atoms with Gasteiger partial charge in [0.05, 0.1) is 52.9 Å². The lowest BCUT2D eigenvalue weighted by atomic mass is 9.95. The van der Waals surface area contributed by atoms with Crippen LogP contribution in [0.2, 0.25) is 0 Å². The van der Waals surface area contributed by atoms with Gasteiger partial charge in [-0.2, -0.15) is 0 Å². The van der Waals surface area contributed by atoms with Gasteiger partial charge in [-0.25, -0.2) is 0 Å². The Balaban J connectivity index is 1.06. The minimum absolute atomic E-state index is 0.818. The second-order valence-electron chi connectivity index (χ2n) is 23.2. The van der Waals surface area contributed by atoms with Crippen LogP contribution in [0.4, 0.5) is 0 Å². The molecule has 0 aliphatic carbocycles. The maximum Gasteiger partial charge on any atom is 0.217 e. The van der Waals surface area contributed by atoms with Crippen LogP contribution in [0.5, 0.6) is 0 Å². The summed E-state index contributed by atoms with van der Waals surface area (Å²) in [4.78, 5) is 12.2. The average molecular weight is 1360 g/mol. The van der Waals surface area contributed by atoms with Crippen LogP contribution in [0.1, 0.15) is 6.92 Å². The molecule has 0 saturated carbocycles. The first-order chi connectivity index (χ1) is 43.5. The lowest BCUT2D eigenvalue weighted by molar-refractivity contribution is -0.407. The molecule has 92 heavy (non-hydrogen) atoms. The molecule has 0 unspecified atom stereocenters. The van der Waals surface area contributed by atoms with E-state index in [1.165, 1.54) is 0 Å². The lowest BCUT2D eigenvalue weighted by Gasteiger charge is -2.50. The van der Waals surface area contributed by atoms with Gasteiger partial charge in [0, 0.05) is 6.92 Å². The van der Waals surface area contributed by atoms with Crippen molar-refractivity contribution in [3.05, 3.63) is 0 Å². The summed E-state index contributed by atoms with van der Waals surface area (Å²) in [7, 11) is 0. The highest BCUT2D eigenvalue weighted by Crippen LogP contribution is 2.38. The van der Waals surface area contributed by atoms with Gasteiger partial charge in [0.15, 0.2) is 50.3 Å². The van der Waals surface area contributed by atoms with Gasteiger partial charge in [0.25, 0.3) is 0 Å². The molecule has 0 aromatic heterocycles. The van der Waals surface area contributed by atoms with Gasteiger partial charge in [-0.3, -0.25) is 4.79 Å². The van der Waals surface area contributed by atoms with E-state index in [2.05, 4.69) is 5.32 Å². The Hall–Kier alpha value is -2.13. The Bertz CT molecular complexity index is 2260. The molecule has 8 fully saturated rings. The van der Waals surface area contributed by atoms with E-state index in [9.17, 15) is 132 Å². The largest absolute Gasteiger partial charge is 0.394 e. The fraction of sp³-hybridized carbons (Fsp3) is 0.980.